The van der Waals surface area contributed by atoms with E-state index < -0.39 is 0 Å². The van der Waals surface area contributed by atoms with Gasteiger partial charge in [0.25, 0.3) is 0 Å². The third kappa shape index (κ3) is 5.15. The molecule has 0 saturated carbocycles. The number of hydrogen-bond donors (Lipinski definition) is 0. The van der Waals surface area contributed by atoms with Gasteiger partial charge in [-0.05, 0) is 55.6 Å². The highest BCUT2D eigenvalue weighted by Gasteiger charge is 2.48. The Morgan fingerprint density at radius 1 is 1.33 bits per heavy atom. The molecular weight excluding hydrogens is 344 g/mol. The molecule has 0 aromatic heterocycles. The first-order valence-corrected chi connectivity index (χ1v) is 9.89. The summed E-state index contributed by atoms with van der Waals surface area (Å²) in [5.41, 5.74) is 3.57. The lowest BCUT2D eigenvalue weighted by Crippen LogP contribution is -2.40. The van der Waals surface area contributed by atoms with Gasteiger partial charge in [-0.1, -0.05) is 25.5 Å². The number of ketones is 1. The second kappa shape index (κ2) is 9.76. The summed E-state index contributed by atoms with van der Waals surface area (Å²) in [6, 6.07) is 0. The van der Waals surface area contributed by atoms with Crippen molar-refractivity contribution in [3.8, 4) is 0 Å². The van der Waals surface area contributed by atoms with Crippen molar-refractivity contribution >= 4 is 12.1 Å². The highest BCUT2D eigenvalue weighted by Crippen LogP contribution is 2.52. The molecule has 2 aliphatic rings. The average molecular weight is 379 g/mol. The van der Waals surface area contributed by atoms with Gasteiger partial charge in [0.15, 0.2) is 0 Å². The summed E-state index contributed by atoms with van der Waals surface area (Å²) in [7, 11) is 1.63. The summed E-state index contributed by atoms with van der Waals surface area (Å²) in [4.78, 5) is 22.3. The van der Waals surface area contributed by atoms with Crippen LogP contribution in [0.3, 0.4) is 0 Å². The molecule has 0 radical (unpaired) electrons. The Bertz CT molecular complexity index is 606. The van der Waals surface area contributed by atoms with E-state index >= 15 is 0 Å². The average Bonchev–Trinajstić information content (AvgIpc) is 3.05. The van der Waals surface area contributed by atoms with Crippen LogP contribution in [0.15, 0.2) is 22.8 Å². The van der Waals surface area contributed by atoms with E-state index in [1.165, 1.54) is 11.1 Å². The minimum absolute atomic E-state index is 0.0389. The second-order valence-corrected chi connectivity index (χ2v) is 8.20. The molecule has 5 heteroatoms. The van der Waals surface area contributed by atoms with Crippen molar-refractivity contribution in [3.63, 3.8) is 0 Å². The van der Waals surface area contributed by atoms with E-state index in [2.05, 4.69) is 19.9 Å². The van der Waals surface area contributed by atoms with E-state index in [1.54, 1.807) is 14.0 Å². The molecule has 0 N–H and O–H groups in total. The Morgan fingerprint density at radius 2 is 2.07 bits per heavy atom. The van der Waals surface area contributed by atoms with Gasteiger partial charge >= 0.3 is 0 Å². The standard InChI is InChI=1S/C22H34O5/c1-15(7-6-10-23)11-19-21-18(13-26-19)22(4,9-8-17(3)24)16(2)12-20(21)27-14-25-5/h10-11,16,19-20H,6-9,12-14H2,1-5H3/b15-11+/t16-,19+,20+,22+/m1/s1. The van der Waals surface area contributed by atoms with Crippen LogP contribution >= 0.6 is 0 Å². The summed E-state index contributed by atoms with van der Waals surface area (Å²) in [5.74, 6) is 0.614. The molecule has 0 amide bonds. The quantitative estimate of drug-likeness (QED) is 0.326. The van der Waals surface area contributed by atoms with Gasteiger partial charge in [-0.15, -0.1) is 0 Å². The van der Waals surface area contributed by atoms with Crippen LogP contribution in [0.5, 0.6) is 0 Å². The molecule has 0 bridgehead atoms. The van der Waals surface area contributed by atoms with Crippen molar-refractivity contribution in [2.24, 2.45) is 11.3 Å². The first kappa shape index (κ1) is 22.0. The second-order valence-electron chi connectivity index (χ2n) is 8.20. The first-order chi connectivity index (χ1) is 12.8. The van der Waals surface area contributed by atoms with Crippen molar-refractivity contribution in [1.29, 1.82) is 0 Å². The summed E-state index contributed by atoms with van der Waals surface area (Å²) in [5, 5.41) is 0. The van der Waals surface area contributed by atoms with E-state index in [4.69, 9.17) is 14.2 Å². The predicted molar refractivity (Wildman–Crippen MR) is 104 cm³/mol. The zero-order valence-corrected chi connectivity index (χ0v) is 17.4. The Kier molecular flexibility index (Phi) is 7.95. The number of allylic oxidation sites excluding steroid dienone is 1. The van der Waals surface area contributed by atoms with Crippen LogP contribution in [-0.2, 0) is 23.8 Å². The molecule has 0 fully saturated rings. The largest absolute Gasteiger partial charge is 0.365 e. The molecule has 2 rings (SSSR count). The molecule has 5 nitrogen and oxygen atoms in total. The Balaban J connectivity index is 2.36. The van der Waals surface area contributed by atoms with E-state index in [0.717, 1.165) is 31.1 Å². The van der Waals surface area contributed by atoms with Gasteiger partial charge in [-0.3, -0.25) is 0 Å². The molecule has 0 saturated heterocycles. The zero-order chi connectivity index (χ0) is 20.0. The lowest BCUT2D eigenvalue weighted by molar-refractivity contribution is -0.117. The lowest BCUT2D eigenvalue weighted by atomic mass is 9.62. The Labute approximate surface area is 163 Å². The van der Waals surface area contributed by atoms with Gasteiger partial charge in [0, 0.05) is 20.0 Å². The number of aldehydes is 1. The summed E-state index contributed by atoms with van der Waals surface area (Å²) in [6.07, 6.45) is 6.48. The highest BCUT2D eigenvalue weighted by atomic mass is 16.7. The van der Waals surface area contributed by atoms with Crippen molar-refractivity contribution in [1.82, 2.24) is 0 Å². The molecule has 0 aromatic carbocycles. The number of carbonyl (C=O) groups excluding carboxylic acids is 2. The van der Waals surface area contributed by atoms with Crippen LogP contribution in [0, 0.1) is 11.3 Å². The topological polar surface area (TPSA) is 61.8 Å². The molecule has 27 heavy (non-hydrogen) atoms. The van der Waals surface area contributed by atoms with E-state index in [-0.39, 0.29) is 30.2 Å². The van der Waals surface area contributed by atoms with Crippen LogP contribution in [0.2, 0.25) is 0 Å². The fraction of sp³-hybridized carbons (Fsp3) is 0.727. The predicted octanol–water partition coefficient (Wildman–Crippen LogP) is 4.01. The van der Waals surface area contributed by atoms with Crippen molar-refractivity contribution in [2.75, 3.05) is 20.5 Å². The van der Waals surface area contributed by atoms with Crippen molar-refractivity contribution in [2.45, 2.75) is 72.0 Å². The van der Waals surface area contributed by atoms with Gasteiger partial charge in [0.2, 0.25) is 0 Å². The first-order valence-electron chi connectivity index (χ1n) is 9.89. The maximum absolute atomic E-state index is 11.6. The monoisotopic (exact) mass is 378 g/mol. The number of carbonyl (C=O) groups is 2. The summed E-state index contributed by atoms with van der Waals surface area (Å²) < 4.78 is 17.3. The van der Waals surface area contributed by atoms with Crippen molar-refractivity contribution < 1.29 is 23.8 Å². The Hall–Kier alpha value is -1.30. The van der Waals surface area contributed by atoms with Crippen LogP contribution < -0.4 is 0 Å². The maximum Gasteiger partial charge on any atom is 0.147 e. The van der Waals surface area contributed by atoms with Crippen molar-refractivity contribution in [3.05, 3.63) is 22.8 Å². The molecule has 0 aromatic rings. The third-order valence-corrected chi connectivity index (χ3v) is 6.23. The van der Waals surface area contributed by atoms with E-state index in [1.807, 2.05) is 6.92 Å². The van der Waals surface area contributed by atoms with Gasteiger partial charge in [0.05, 0.1) is 12.7 Å². The molecule has 4 atom stereocenters. The molecule has 1 heterocycles. The summed E-state index contributed by atoms with van der Waals surface area (Å²) >= 11 is 0. The van der Waals surface area contributed by atoms with Gasteiger partial charge in [0.1, 0.15) is 25.0 Å². The van der Waals surface area contributed by atoms with Crippen LogP contribution in [-0.4, -0.2) is 44.8 Å². The van der Waals surface area contributed by atoms with Gasteiger partial charge in [-0.2, -0.15) is 0 Å². The molecule has 1 aliphatic heterocycles. The maximum atomic E-state index is 11.6. The summed E-state index contributed by atoms with van der Waals surface area (Å²) in [6.45, 7) is 9.02. The zero-order valence-electron chi connectivity index (χ0n) is 17.4. The SMILES string of the molecule is COCO[C@H]1C[C@@H](C)[C@](C)(CCC(C)=O)C2=C1[C@H](/C=C(\C)CCC=O)OC2. The number of methoxy groups -OCH3 is 1. The smallest absolute Gasteiger partial charge is 0.147 e. The molecule has 152 valence electrons. The lowest BCUT2D eigenvalue weighted by Gasteiger charge is -2.44. The van der Waals surface area contributed by atoms with Gasteiger partial charge < -0.3 is 23.8 Å². The number of hydrogen-bond acceptors (Lipinski definition) is 5. The van der Waals surface area contributed by atoms with E-state index in [9.17, 15) is 9.59 Å². The normalized spacial score (nSPS) is 31.1. The van der Waals surface area contributed by atoms with Gasteiger partial charge in [-0.25, -0.2) is 0 Å². The minimum atomic E-state index is -0.127. The molecule has 1 aliphatic carbocycles. The number of ether oxygens (including phenoxy) is 3. The third-order valence-electron chi connectivity index (χ3n) is 6.23. The fourth-order valence-electron chi connectivity index (χ4n) is 4.30. The molecule has 0 unspecified atom stereocenters. The van der Waals surface area contributed by atoms with E-state index in [0.29, 0.717) is 25.4 Å². The molecule has 0 spiro atoms. The van der Waals surface area contributed by atoms with Crippen LogP contribution in [0.1, 0.15) is 59.8 Å². The fourth-order valence-corrected chi connectivity index (χ4v) is 4.30. The van der Waals surface area contributed by atoms with Crippen LogP contribution in [0.25, 0.3) is 0 Å². The number of Topliss-reactive ketones (excluding diaryl/α,β-unsaturated/α-hetero) is 1. The minimum Gasteiger partial charge on any atom is -0.365 e. The van der Waals surface area contributed by atoms with Crippen LogP contribution in [0.4, 0.5) is 0 Å². The Morgan fingerprint density at radius 3 is 2.70 bits per heavy atom. The molecular formula is C22H34O5. The number of rotatable bonds is 10. The highest BCUT2D eigenvalue weighted by molar-refractivity contribution is 5.75.